The molecule has 1 fully saturated rings. The summed E-state index contributed by atoms with van der Waals surface area (Å²) in [5.74, 6) is -0.185. The van der Waals surface area contributed by atoms with E-state index in [0.717, 1.165) is 0 Å². The maximum absolute atomic E-state index is 12.6. The summed E-state index contributed by atoms with van der Waals surface area (Å²) in [6.45, 7) is 2.32. The van der Waals surface area contributed by atoms with Gasteiger partial charge in [0.25, 0.3) is 11.6 Å². The summed E-state index contributed by atoms with van der Waals surface area (Å²) < 4.78 is 0. The summed E-state index contributed by atoms with van der Waals surface area (Å²) in [6.07, 6.45) is 1.64. The fourth-order valence-corrected chi connectivity index (χ4v) is 3.63. The van der Waals surface area contributed by atoms with Crippen LogP contribution in [0.4, 0.5) is 11.4 Å². The molecule has 1 saturated heterocycles. The third kappa shape index (κ3) is 3.79. The molecule has 0 bridgehead atoms. The highest BCUT2D eigenvalue weighted by atomic mass is 35.5. The third-order valence-corrected chi connectivity index (χ3v) is 4.98. The Kier molecular flexibility index (Phi) is 5.39. The second-order valence-corrected chi connectivity index (χ2v) is 6.77. The number of nitro groups is 1. The molecule has 0 radical (unpaired) electrons. The molecule has 0 N–H and O–H groups in total. The largest absolute Gasteiger partial charge is 0.287 e. The van der Waals surface area contributed by atoms with Gasteiger partial charge >= 0.3 is 0 Å². The van der Waals surface area contributed by atoms with Crippen LogP contribution < -0.4 is 0 Å². The molecular formula is C18H14ClN3O3S. The maximum Gasteiger partial charge on any atom is 0.270 e. The van der Waals surface area contributed by atoms with Gasteiger partial charge in [0.1, 0.15) is 0 Å². The number of para-hydroxylation sites is 1. The number of carbonyl (C=O) groups is 1. The fraction of sp³-hybridized carbons (Fsp3) is 0.111. The first kappa shape index (κ1) is 18.2. The predicted molar refractivity (Wildman–Crippen MR) is 105 cm³/mol. The number of benzene rings is 2. The standard InChI is InChI=1S/C18H14ClN3O3S/c1-2-21-17(23)16(11-12-6-5-7-13(10-12)22(24)25)26-18(21)20-15-9-4-3-8-14(15)19/h3-11H,2H2,1H3/b16-11+,20-18?. The van der Waals surface area contributed by atoms with E-state index < -0.39 is 4.92 Å². The molecule has 1 aliphatic heterocycles. The van der Waals surface area contributed by atoms with E-state index in [0.29, 0.717) is 32.9 Å². The SMILES string of the molecule is CCN1C(=O)/C(=C\c2cccc([N+](=O)[O-])c2)SC1=Nc1ccccc1Cl. The Bertz CT molecular complexity index is 943. The minimum Gasteiger partial charge on any atom is -0.287 e. The molecule has 0 atom stereocenters. The van der Waals surface area contributed by atoms with Gasteiger partial charge in [-0.15, -0.1) is 0 Å². The summed E-state index contributed by atoms with van der Waals surface area (Å²) in [6, 6.07) is 13.3. The van der Waals surface area contributed by atoms with E-state index in [1.165, 1.54) is 23.9 Å². The summed E-state index contributed by atoms with van der Waals surface area (Å²) in [7, 11) is 0. The lowest BCUT2D eigenvalue weighted by atomic mass is 10.2. The van der Waals surface area contributed by atoms with E-state index in [-0.39, 0.29) is 11.6 Å². The quantitative estimate of drug-likeness (QED) is 0.426. The highest BCUT2D eigenvalue weighted by molar-refractivity contribution is 8.18. The molecule has 0 saturated carbocycles. The maximum atomic E-state index is 12.6. The topological polar surface area (TPSA) is 75.8 Å². The first-order chi connectivity index (χ1) is 12.5. The van der Waals surface area contributed by atoms with Crippen LogP contribution in [0, 0.1) is 10.1 Å². The lowest BCUT2D eigenvalue weighted by Gasteiger charge is -2.12. The predicted octanol–water partition coefficient (Wildman–Crippen LogP) is 4.87. The van der Waals surface area contributed by atoms with Gasteiger partial charge in [-0.3, -0.25) is 19.8 Å². The van der Waals surface area contributed by atoms with Crippen LogP contribution in [-0.2, 0) is 4.79 Å². The molecule has 26 heavy (non-hydrogen) atoms. The number of carbonyl (C=O) groups excluding carboxylic acids is 1. The number of hydrogen-bond acceptors (Lipinski definition) is 5. The third-order valence-electron chi connectivity index (χ3n) is 3.65. The number of aliphatic imine (C=N–C) groups is 1. The average molecular weight is 388 g/mol. The monoisotopic (exact) mass is 387 g/mol. The van der Waals surface area contributed by atoms with E-state index in [1.807, 2.05) is 19.1 Å². The zero-order chi connectivity index (χ0) is 18.7. The summed E-state index contributed by atoms with van der Waals surface area (Å²) in [5, 5.41) is 11.9. The van der Waals surface area contributed by atoms with Crippen molar-refractivity contribution in [3.63, 3.8) is 0 Å². The number of halogens is 1. The Morgan fingerprint density at radius 2 is 2.04 bits per heavy atom. The Morgan fingerprint density at radius 3 is 2.73 bits per heavy atom. The molecule has 3 rings (SSSR count). The summed E-state index contributed by atoms with van der Waals surface area (Å²) in [5.41, 5.74) is 1.15. The van der Waals surface area contributed by atoms with Crippen LogP contribution in [0.1, 0.15) is 12.5 Å². The molecule has 1 heterocycles. The second kappa shape index (κ2) is 7.72. The van der Waals surface area contributed by atoms with Gasteiger partial charge in [-0.05, 0) is 42.5 Å². The number of amides is 1. The van der Waals surface area contributed by atoms with Gasteiger partial charge in [0.2, 0.25) is 0 Å². The van der Waals surface area contributed by atoms with E-state index in [9.17, 15) is 14.9 Å². The summed E-state index contributed by atoms with van der Waals surface area (Å²) >= 11 is 7.37. The van der Waals surface area contributed by atoms with Crippen molar-refractivity contribution in [2.75, 3.05) is 6.54 Å². The average Bonchev–Trinajstić information content (AvgIpc) is 2.92. The van der Waals surface area contributed by atoms with Crippen molar-refractivity contribution < 1.29 is 9.72 Å². The molecule has 6 nitrogen and oxygen atoms in total. The van der Waals surface area contributed by atoms with Gasteiger partial charge < -0.3 is 0 Å². The summed E-state index contributed by atoms with van der Waals surface area (Å²) in [4.78, 5) is 29.6. The first-order valence-electron chi connectivity index (χ1n) is 7.78. The van der Waals surface area contributed by atoms with E-state index in [1.54, 1.807) is 35.2 Å². The number of nitrogens with zero attached hydrogens (tertiary/aromatic N) is 3. The number of hydrogen-bond donors (Lipinski definition) is 0. The van der Waals surface area contributed by atoms with Crippen molar-refractivity contribution in [1.82, 2.24) is 4.90 Å². The van der Waals surface area contributed by atoms with Crippen molar-refractivity contribution in [3.8, 4) is 0 Å². The lowest BCUT2D eigenvalue weighted by molar-refractivity contribution is -0.384. The Labute approximate surface area is 159 Å². The molecule has 0 aliphatic carbocycles. The van der Waals surface area contributed by atoms with Crippen molar-refractivity contribution in [1.29, 1.82) is 0 Å². The normalized spacial score (nSPS) is 17.3. The Hall–Kier alpha value is -2.64. The molecule has 2 aromatic rings. The minimum atomic E-state index is -0.464. The van der Waals surface area contributed by atoms with Gasteiger partial charge in [-0.25, -0.2) is 4.99 Å². The van der Waals surface area contributed by atoms with Crippen LogP contribution in [0.15, 0.2) is 58.4 Å². The Morgan fingerprint density at radius 1 is 1.27 bits per heavy atom. The van der Waals surface area contributed by atoms with Crippen LogP contribution >= 0.6 is 23.4 Å². The molecule has 0 spiro atoms. The zero-order valence-corrected chi connectivity index (χ0v) is 15.3. The molecule has 1 amide bonds. The fourth-order valence-electron chi connectivity index (χ4n) is 2.40. The van der Waals surface area contributed by atoms with Crippen molar-refractivity contribution in [2.24, 2.45) is 4.99 Å². The highest BCUT2D eigenvalue weighted by Crippen LogP contribution is 2.35. The van der Waals surface area contributed by atoms with Crippen LogP contribution in [0.25, 0.3) is 6.08 Å². The lowest BCUT2D eigenvalue weighted by Crippen LogP contribution is -2.28. The Balaban J connectivity index is 1.96. The number of non-ortho nitro benzene ring substituents is 1. The van der Waals surface area contributed by atoms with Gasteiger partial charge in [-0.1, -0.05) is 35.9 Å². The highest BCUT2D eigenvalue weighted by Gasteiger charge is 2.32. The molecule has 0 aromatic heterocycles. The van der Waals surface area contributed by atoms with Crippen molar-refractivity contribution >= 4 is 51.9 Å². The molecule has 1 aliphatic rings. The molecule has 2 aromatic carbocycles. The van der Waals surface area contributed by atoms with E-state index >= 15 is 0 Å². The first-order valence-corrected chi connectivity index (χ1v) is 8.98. The van der Waals surface area contributed by atoms with Crippen LogP contribution in [0.5, 0.6) is 0 Å². The van der Waals surface area contributed by atoms with E-state index in [4.69, 9.17) is 11.6 Å². The van der Waals surface area contributed by atoms with Gasteiger partial charge in [-0.2, -0.15) is 0 Å². The molecular weight excluding hydrogens is 374 g/mol. The molecule has 132 valence electrons. The number of thioether (sulfide) groups is 1. The smallest absolute Gasteiger partial charge is 0.270 e. The van der Waals surface area contributed by atoms with Crippen LogP contribution in [-0.4, -0.2) is 27.4 Å². The number of rotatable bonds is 4. The second-order valence-electron chi connectivity index (χ2n) is 5.36. The van der Waals surface area contributed by atoms with Crippen molar-refractivity contribution in [3.05, 3.63) is 74.1 Å². The number of nitro benzene ring substituents is 1. The van der Waals surface area contributed by atoms with Crippen molar-refractivity contribution in [2.45, 2.75) is 6.92 Å². The van der Waals surface area contributed by atoms with E-state index in [2.05, 4.69) is 4.99 Å². The molecule has 0 unspecified atom stereocenters. The van der Waals surface area contributed by atoms with Crippen LogP contribution in [0.3, 0.4) is 0 Å². The number of likely N-dealkylation sites (N-methyl/N-ethyl adjacent to an activating group) is 1. The van der Waals surface area contributed by atoms with Crippen LogP contribution in [0.2, 0.25) is 5.02 Å². The van der Waals surface area contributed by atoms with Gasteiger partial charge in [0, 0.05) is 18.7 Å². The number of amidine groups is 1. The zero-order valence-electron chi connectivity index (χ0n) is 13.8. The molecule has 8 heteroatoms. The van der Waals surface area contributed by atoms with Gasteiger partial charge in [0.05, 0.1) is 20.5 Å². The van der Waals surface area contributed by atoms with Gasteiger partial charge in [0.15, 0.2) is 5.17 Å². The minimum absolute atomic E-state index is 0.0212.